The second kappa shape index (κ2) is 6.18. The lowest BCUT2D eigenvalue weighted by molar-refractivity contribution is 0.950. The summed E-state index contributed by atoms with van der Waals surface area (Å²) in [6.45, 7) is 2.09. The van der Waals surface area contributed by atoms with Crippen molar-refractivity contribution < 1.29 is 0 Å². The van der Waals surface area contributed by atoms with Gasteiger partial charge in [0.05, 0.1) is 0 Å². The van der Waals surface area contributed by atoms with Crippen LogP contribution in [0.25, 0.3) is 0 Å². The Morgan fingerprint density at radius 1 is 1.89 bits per heavy atom. The molecule has 9 heavy (non-hydrogen) atoms. The van der Waals surface area contributed by atoms with Crippen molar-refractivity contribution in [3.05, 3.63) is 9.89 Å². The monoisotopic (exact) mass is 205 g/mol. The summed E-state index contributed by atoms with van der Waals surface area (Å²) >= 11 is 4.40. The Hall–Kier alpha value is 0.0600. The Morgan fingerprint density at radius 3 is 2.89 bits per heavy atom. The fourth-order valence-electron chi connectivity index (χ4n) is 0.433. The second-order valence-corrected chi connectivity index (χ2v) is 2.89. The Balaban J connectivity index is 3.59. The zero-order valence-corrected chi connectivity index (χ0v) is 7.63. The van der Waals surface area contributed by atoms with Crippen molar-refractivity contribution in [2.75, 3.05) is 0 Å². The predicted octanol–water partition coefficient (Wildman–Crippen LogP) is 3.24. The summed E-state index contributed by atoms with van der Waals surface area (Å²) < 4.78 is 0. The summed E-state index contributed by atoms with van der Waals surface area (Å²) in [5.74, 6) is 0. The quantitative estimate of drug-likeness (QED) is 0.662. The summed E-state index contributed by atoms with van der Waals surface area (Å²) in [6, 6.07) is 0. The van der Waals surface area contributed by atoms with Gasteiger partial charge in [-0.2, -0.15) is 5.26 Å². The van der Waals surface area contributed by atoms with Gasteiger partial charge in [-0.3, -0.25) is 0 Å². The Bertz CT molecular complexity index is 136. The standard InChI is InChI=1S/C6H8BrNS/c1-2-3-6(4-7)9-5-8/h4H,2-3H2,1H3/b6-4-. The summed E-state index contributed by atoms with van der Waals surface area (Å²) in [5, 5.41) is 10.3. The molecule has 0 spiro atoms. The molecule has 0 aromatic carbocycles. The maximum absolute atomic E-state index is 8.25. The summed E-state index contributed by atoms with van der Waals surface area (Å²) in [5.41, 5.74) is 0. The van der Waals surface area contributed by atoms with Gasteiger partial charge in [0.2, 0.25) is 0 Å². The van der Waals surface area contributed by atoms with Crippen LogP contribution < -0.4 is 0 Å². The van der Waals surface area contributed by atoms with Gasteiger partial charge in [0.1, 0.15) is 5.40 Å². The molecule has 0 bridgehead atoms. The number of allylic oxidation sites excluding steroid dienone is 1. The first-order valence-electron chi connectivity index (χ1n) is 2.70. The first-order valence-corrected chi connectivity index (χ1v) is 4.43. The van der Waals surface area contributed by atoms with Crippen molar-refractivity contribution in [2.45, 2.75) is 19.8 Å². The third-order valence-corrected chi connectivity index (χ3v) is 2.33. The SMILES string of the molecule is CCC/C(=C/Br)SC#N. The van der Waals surface area contributed by atoms with Gasteiger partial charge in [-0.15, -0.1) is 0 Å². The van der Waals surface area contributed by atoms with Crippen molar-refractivity contribution in [2.24, 2.45) is 0 Å². The average molecular weight is 206 g/mol. The van der Waals surface area contributed by atoms with Gasteiger partial charge in [0.15, 0.2) is 0 Å². The number of rotatable bonds is 3. The van der Waals surface area contributed by atoms with Crippen LogP contribution >= 0.6 is 27.7 Å². The molecule has 0 aromatic heterocycles. The largest absolute Gasteiger partial charge is 0.185 e. The molecule has 0 radical (unpaired) electrons. The molecule has 0 unspecified atom stereocenters. The smallest absolute Gasteiger partial charge is 0.138 e. The van der Waals surface area contributed by atoms with E-state index in [4.69, 9.17) is 5.26 Å². The third kappa shape index (κ3) is 4.56. The van der Waals surface area contributed by atoms with Crippen LogP contribution in [0.15, 0.2) is 9.89 Å². The van der Waals surface area contributed by atoms with E-state index in [1.165, 1.54) is 11.8 Å². The van der Waals surface area contributed by atoms with Crippen LogP contribution in [-0.4, -0.2) is 0 Å². The summed E-state index contributed by atoms with van der Waals surface area (Å²) in [6.07, 6.45) is 2.08. The lowest BCUT2D eigenvalue weighted by atomic mass is 10.3. The predicted molar refractivity (Wildman–Crippen MR) is 45.1 cm³/mol. The molecule has 0 amide bonds. The highest BCUT2D eigenvalue weighted by Crippen LogP contribution is 2.20. The molecule has 0 saturated heterocycles. The molecular formula is C6H8BrNS. The van der Waals surface area contributed by atoms with Crippen LogP contribution in [0, 0.1) is 10.7 Å². The van der Waals surface area contributed by atoms with E-state index >= 15 is 0 Å². The molecule has 0 saturated carbocycles. The van der Waals surface area contributed by atoms with Crippen LogP contribution in [-0.2, 0) is 0 Å². The van der Waals surface area contributed by atoms with Gasteiger partial charge in [0, 0.05) is 4.91 Å². The molecule has 0 N–H and O–H groups in total. The Morgan fingerprint density at radius 2 is 2.56 bits per heavy atom. The molecule has 0 heterocycles. The molecule has 0 atom stereocenters. The van der Waals surface area contributed by atoms with Crippen molar-refractivity contribution in [3.63, 3.8) is 0 Å². The number of hydrogen-bond acceptors (Lipinski definition) is 2. The Labute approximate surface area is 68.3 Å². The first-order chi connectivity index (χ1) is 4.35. The molecule has 0 rings (SSSR count). The molecule has 0 fully saturated rings. The number of thiocyanates is 1. The van der Waals surface area contributed by atoms with Crippen LogP contribution in [0.3, 0.4) is 0 Å². The molecule has 0 aliphatic rings. The minimum Gasteiger partial charge on any atom is -0.185 e. The highest BCUT2D eigenvalue weighted by molar-refractivity contribution is 9.11. The fraction of sp³-hybridized carbons (Fsp3) is 0.500. The van der Waals surface area contributed by atoms with Gasteiger partial charge in [-0.1, -0.05) is 29.3 Å². The normalized spacial score (nSPS) is 11.0. The summed E-state index contributed by atoms with van der Waals surface area (Å²) in [4.78, 5) is 2.91. The molecule has 0 aliphatic heterocycles. The van der Waals surface area contributed by atoms with E-state index in [-0.39, 0.29) is 0 Å². The lowest BCUT2D eigenvalue weighted by Gasteiger charge is -1.93. The molecule has 0 aromatic rings. The van der Waals surface area contributed by atoms with E-state index in [0.717, 1.165) is 17.7 Å². The zero-order chi connectivity index (χ0) is 7.11. The van der Waals surface area contributed by atoms with Crippen molar-refractivity contribution in [1.29, 1.82) is 5.26 Å². The van der Waals surface area contributed by atoms with Gasteiger partial charge >= 0.3 is 0 Å². The van der Waals surface area contributed by atoms with E-state index in [9.17, 15) is 0 Å². The second-order valence-electron chi connectivity index (χ2n) is 1.52. The van der Waals surface area contributed by atoms with Gasteiger partial charge in [0.25, 0.3) is 0 Å². The topological polar surface area (TPSA) is 23.8 Å². The minimum atomic E-state index is 0.990. The number of hydrogen-bond donors (Lipinski definition) is 0. The highest BCUT2D eigenvalue weighted by atomic mass is 79.9. The van der Waals surface area contributed by atoms with Crippen molar-refractivity contribution in [3.8, 4) is 5.40 Å². The third-order valence-electron chi connectivity index (χ3n) is 0.795. The van der Waals surface area contributed by atoms with E-state index in [1.807, 2.05) is 10.4 Å². The first kappa shape index (κ1) is 9.06. The molecule has 50 valence electrons. The van der Waals surface area contributed by atoms with E-state index in [2.05, 4.69) is 22.9 Å². The molecule has 3 heteroatoms. The number of thioether (sulfide) groups is 1. The van der Waals surface area contributed by atoms with E-state index in [0.29, 0.717) is 0 Å². The summed E-state index contributed by atoms with van der Waals surface area (Å²) in [7, 11) is 0. The van der Waals surface area contributed by atoms with E-state index in [1.54, 1.807) is 0 Å². The molecule has 1 nitrogen and oxygen atoms in total. The maximum atomic E-state index is 8.25. The van der Waals surface area contributed by atoms with Crippen molar-refractivity contribution >= 4 is 27.7 Å². The van der Waals surface area contributed by atoms with Gasteiger partial charge in [-0.05, 0) is 23.2 Å². The average Bonchev–Trinajstić information content (AvgIpc) is 1.88. The Kier molecular flexibility index (Phi) is 6.23. The number of nitrogens with zero attached hydrogens (tertiary/aromatic N) is 1. The van der Waals surface area contributed by atoms with Crippen molar-refractivity contribution in [1.82, 2.24) is 0 Å². The maximum Gasteiger partial charge on any atom is 0.138 e. The molecule has 0 aliphatic carbocycles. The van der Waals surface area contributed by atoms with Crippen LogP contribution in [0.1, 0.15) is 19.8 Å². The zero-order valence-electron chi connectivity index (χ0n) is 5.22. The van der Waals surface area contributed by atoms with Crippen LogP contribution in [0.4, 0.5) is 0 Å². The van der Waals surface area contributed by atoms with Gasteiger partial charge < -0.3 is 0 Å². The fourth-order valence-corrected chi connectivity index (χ4v) is 1.41. The number of halogens is 1. The number of nitriles is 1. The van der Waals surface area contributed by atoms with E-state index < -0.39 is 0 Å². The molecular weight excluding hydrogens is 198 g/mol. The lowest BCUT2D eigenvalue weighted by Crippen LogP contribution is -1.70. The minimum absolute atomic E-state index is 0.990. The van der Waals surface area contributed by atoms with Crippen LogP contribution in [0.5, 0.6) is 0 Å². The highest BCUT2D eigenvalue weighted by Gasteiger charge is 1.92. The van der Waals surface area contributed by atoms with Crippen LogP contribution in [0.2, 0.25) is 0 Å². The van der Waals surface area contributed by atoms with Gasteiger partial charge in [-0.25, -0.2) is 0 Å².